The fraction of sp³-hybridized carbons (Fsp3) is 0.500. The van der Waals surface area contributed by atoms with Crippen LogP contribution in [0.4, 0.5) is 0 Å². The number of aliphatic carboxylic acids is 1. The Kier molecular flexibility index (Phi) is 4.70. The lowest BCUT2D eigenvalue weighted by Crippen LogP contribution is -2.23. The first kappa shape index (κ1) is 13.7. The number of hydrogen-bond acceptors (Lipinski definition) is 2. The zero-order chi connectivity index (χ0) is 12.9. The molecule has 0 bridgehead atoms. The minimum absolute atomic E-state index is 0.0476. The first-order chi connectivity index (χ1) is 7.95. The van der Waals surface area contributed by atoms with Gasteiger partial charge in [-0.15, -0.1) is 0 Å². The van der Waals surface area contributed by atoms with Crippen LogP contribution in [0.25, 0.3) is 0 Å². The summed E-state index contributed by atoms with van der Waals surface area (Å²) in [5.74, 6) is -0.758. The molecule has 3 nitrogen and oxygen atoms in total. The average molecular weight is 236 g/mol. The summed E-state index contributed by atoms with van der Waals surface area (Å²) >= 11 is 0. The van der Waals surface area contributed by atoms with Crippen molar-refractivity contribution in [2.75, 3.05) is 13.7 Å². The molecule has 0 aromatic heterocycles. The molecule has 0 spiro atoms. The lowest BCUT2D eigenvalue weighted by atomic mass is 9.84. The van der Waals surface area contributed by atoms with Crippen molar-refractivity contribution in [2.24, 2.45) is 0 Å². The van der Waals surface area contributed by atoms with E-state index in [9.17, 15) is 4.79 Å². The molecular formula is C14H20O3. The standard InChI is InChI=1S/C14H20O3/c1-14(2,10-17-3)12-6-4-5-11(9-12)7-8-13(15)16/h4-6,9H,7-8,10H2,1-3H3,(H,15,16). The summed E-state index contributed by atoms with van der Waals surface area (Å²) in [5.41, 5.74) is 2.20. The van der Waals surface area contributed by atoms with E-state index in [1.165, 1.54) is 5.56 Å². The van der Waals surface area contributed by atoms with Gasteiger partial charge in [0.05, 0.1) is 6.61 Å². The number of rotatable bonds is 6. The van der Waals surface area contributed by atoms with Gasteiger partial charge >= 0.3 is 5.97 Å². The highest BCUT2D eigenvalue weighted by atomic mass is 16.5. The summed E-state index contributed by atoms with van der Waals surface area (Å²) in [5, 5.41) is 8.67. The first-order valence-corrected chi connectivity index (χ1v) is 5.76. The molecule has 0 radical (unpaired) electrons. The Labute approximate surface area is 102 Å². The van der Waals surface area contributed by atoms with Crippen molar-refractivity contribution in [2.45, 2.75) is 32.1 Å². The average Bonchev–Trinajstić information content (AvgIpc) is 2.27. The van der Waals surface area contributed by atoms with E-state index in [0.717, 1.165) is 5.56 Å². The largest absolute Gasteiger partial charge is 0.481 e. The van der Waals surface area contributed by atoms with Crippen LogP contribution in [0.3, 0.4) is 0 Å². The van der Waals surface area contributed by atoms with Crippen molar-refractivity contribution < 1.29 is 14.6 Å². The van der Waals surface area contributed by atoms with Crippen LogP contribution < -0.4 is 0 Å². The van der Waals surface area contributed by atoms with Gasteiger partial charge in [-0.2, -0.15) is 0 Å². The summed E-state index contributed by atoms with van der Waals surface area (Å²) in [6.45, 7) is 4.88. The van der Waals surface area contributed by atoms with Crippen molar-refractivity contribution in [3.05, 3.63) is 35.4 Å². The lowest BCUT2D eigenvalue weighted by Gasteiger charge is -2.24. The van der Waals surface area contributed by atoms with Crippen LogP contribution in [0, 0.1) is 0 Å². The van der Waals surface area contributed by atoms with Gasteiger partial charge < -0.3 is 9.84 Å². The zero-order valence-electron chi connectivity index (χ0n) is 10.7. The van der Waals surface area contributed by atoms with E-state index < -0.39 is 5.97 Å². The third kappa shape index (κ3) is 4.19. The molecule has 0 heterocycles. The topological polar surface area (TPSA) is 46.5 Å². The molecular weight excluding hydrogens is 216 g/mol. The van der Waals surface area contributed by atoms with Gasteiger partial charge in [-0.1, -0.05) is 38.1 Å². The van der Waals surface area contributed by atoms with Gasteiger partial charge in [0.25, 0.3) is 0 Å². The van der Waals surface area contributed by atoms with Crippen molar-refractivity contribution in [1.29, 1.82) is 0 Å². The maximum Gasteiger partial charge on any atom is 0.303 e. The minimum Gasteiger partial charge on any atom is -0.481 e. The van der Waals surface area contributed by atoms with E-state index in [2.05, 4.69) is 26.0 Å². The number of aryl methyl sites for hydroxylation is 1. The van der Waals surface area contributed by atoms with E-state index in [1.807, 2.05) is 12.1 Å². The molecule has 17 heavy (non-hydrogen) atoms. The number of methoxy groups -OCH3 is 1. The van der Waals surface area contributed by atoms with E-state index in [1.54, 1.807) is 7.11 Å². The van der Waals surface area contributed by atoms with Gasteiger partial charge in [-0.05, 0) is 17.5 Å². The fourth-order valence-electron chi connectivity index (χ4n) is 1.84. The van der Waals surface area contributed by atoms with Crippen LogP contribution >= 0.6 is 0 Å². The van der Waals surface area contributed by atoms with Crippen molar-refractivity contribution in [3.8, 4) is 0 Å². The van der Waals surface area contributed by atoms with Crippen LogP contribution in [0.15, 0.2) is 24.3 Å². The summed E-state index contributed by atoms with van der Waals surface area (Å²) in [7, 11) is 1.69. The van der Waals surface area contributed by atoms with E-state index >= 15 is 0 Å². The van der Waals surface area contributed by atoms with Gasteiger partial charge in [0, 0.05) is 18.9 Å². The molecule has 0 saturated heterocycles. The van der Waals surface area contributed by atoms with Gasteiger partial charge in [-0.3, -0.25) is 4.79 Å². The Morgan fingerprint density at radius 3 is 2.71 bits per heavy atom. The molecule has 0 fully saturated rings. The number of hydrogen-bond donors (Lipinski definition) is 1. The summed E-state index contributed by atoms with van der Waals surface area (Å²) in [6, 6.07) is 8.07. The van der Waals surface area contributed by atoms with Gasteiger partial charge in [-0.25, -0.2) is 0 Å². The zero-order valence-corrected chi connectivity index (χ0v) is 10.7. The maximum absolute atomic E-state index is 10.5. The normalized spacial score (nSPS) is 11.5. The molecule has 1 aromatic carbocycles. The van der Waals surface area contributed by atoms with E-state index in [4.69, 9.17) is 9.84 Å². The molecule has 0 aliphatic heterocycles. The van der Waals surface area contributed by atoms with Crippen LogP contribution in [0.5, 0.6) is 0 Å². The number of ether oxygens (including phenoxy) is 1. The molecule has 0 amide bonds. The molecule has 1 rings (SSSR count). The number of carbonyl (C=O) groups is 1. The Morgan fingerprint density at radius 2 is 2.12 bits per heavy atom. The minimum atomic E-state index is -0.758. The quantitative estimate of drug-likeness (QED) is 0.826. The number of benzene rings is 1. The van der Waals surface area contributed by atoms with Crippen LogP contribution in [0.1, 0.15) is 31.4 Å². The van der Waals surface area contributed by atoms with Crippen molar-refractivity contribution in [3.63, 3.8) is 0 Å². The van der Waals surface area contributed by atoms with Crippen LogP contribution in [0.2, 0.25) is 0 Å². The number of carboxylic acids is 1. The Balaban J connectivity index is 2.81. The number of carboxylic acid groups (broad SMARTS) is 1. The maximum atomic E-state index is 10.5. The first-order valence-electron chi connectivity index (χ1n) is 5.76. The summed E-state index contributed by atoms with van der Waals surface area (Å²) < 4.78 is 5.20. The molecule has 0 aliphatic rings. The van der Waals surface area contributed by atoms with Gasteiger partial charge in [0.2, 0.25) is 0 Å². The van der Waals surface area contributed by atoms with E-state index in [0.29, 0.717) is 13.0 Å². The predicted octanol–water partition coefficient (Wildman–Crippen LogP) is 2.63. The SMILES string of the molecule is COCC(C)(C)c1cccc(CCC(=O)O)c1. The van der Waals surface area contributed by atoms with Crippen LogP contribution in [-0.2, 0) is 21.4 Å². The monoisotopic (exact) mass is 236 g/mol. The smallest absolute Gasteiger partial charge is 0.303 e. The summed E-state index contributed by atoms with van der Waals surface area (Å²) in [6.07, 6.45) is 0.750. The lowest BCUT2D eigenvalue weighted by molar-refractivity contribution is -0.136. The molecule has 0 saturated carbocycles. The molecule has 1 aromatic rings. The molecule has 0 aliphatic carbocycles. The third-order valence-electron chi connectivity index (χ3n) is 2.84. The van der Waals surface area contributed by atoms with E-state index in [-0.39, 0.29) is 11.8 Å². The van der Waals surface area contributed by atoms with Gasteiger partial charge in [0.15, 0.2) is 0 Å². The second-order valence-corrected chi connectivity index (χ2v) is 4.91. The molecule has 3 heteroatoms. The highest BCUT2D eigenvalue weighted by Gasteiger charge is 2.20. The molecule has 94 valence electrons. The molecule has 0 unspecified atom stereocenters. The Morgan fingerprint density at radius 1 is 1.41 bits per heavy atom. The second-order valence-electron chi connectivity index (χ2n) is 4.91. The van der Waals surface area contributed by atoms with Crippen molar-refractivity contribution in [1.82, 2.24) is 0 Å². The second kappa shape index (κ2) is 5.82. The van der Waals surface area contributed by atoms with Crippen LogP contribution in [-0.4, -0.2) is 24.8 Å². The fourth-order valence-corrected chi connectivity index (χ4v) is 1.84. The highest BCUT2D eigenvalue weighted by Crippen LogP contribution is 2.24. The predicted molar refractivity (Wildman–Crippen MR) is 67.3 cm³/mol. The van der Waals surface area contributed by atoms with Crippen molar-refractivity contribution >= 4 is 5.97 Å². The third-order valence-corrected chi connectivity index (χ3v) is 2.84. The molecule has 1 N–H and O–H groups in total. The van der Waals surface area contributed by atoms with Gasteiger partial charge in [0.1, 0.15) is 0 Å². The highest BCUT2D eigenvalue weighted by molar-refractivity contribution is 5.67. The Bertz CT molecular complexity index is 383. The molecule has 0 atom stereocenters. The Hall–Kier alpha value is -1.35. The summed E-state index contributed by atoms with van der Waals surface area (Å²) in [4.78, 5) is 10.5.